The Labute approximate surface area is 166 Å². The Morgan fingerprint density at radius 2 is 1.93 bits per heavy atom. The van der Waals surface area contributed by atoms with Crippen molar-refractivity contribution >= 4 is 28.8 Å². The van der Waals surface area contributed by atoms with Crippen molar-refractivity contribution in [1.29, 1.82) is 0 Å². The van der Waals surface area contributed by atoms with Gasteiger partial charge in [-0.1, -0.05) is 42.5 Å². The average molecular weight is 404 g/mol. The van der Waals surface area contributed by atoms with Gasteiger partial charge < -0.3 is 10.6 Å². The first-order valence-electron chi connectivity index (χ1n) is 9.21. The van der Waals surface area contributed by atoms with E-state index in [2.05, 4.69) is 16.7 Å². The van der Waals surface area contributed by atoms with Gasteiger partial charge in [-0.3, -0.25) is 4.79 Å². The number of alkyl halides is 3. The number of rotatable bonds is 3. The van der Waals surface area contributed by atoms with Crippen molar-refractivity contribution in [3.8, 4) is 0 Å². The van der Waals surface area contributed by atoms with E-state index in [-0.39, 0.29) is 5.91 Å². The number of hydrogen-bond acceptors (Lipinski definition) is 2. The number of nitrogens with one attached hydrogen (secondary N) is 2. The van der Waals surface area contributed by atoms with Gasteiger partial charge in [-0.25, -0.2) is 0 Å². The maximum atomic E-state index is 13.1. The molecule has 146 valence electrons. The number of fused-ring (bicyclic) bond motifs is 1. The summed E-state index contributed by atoms with van der Waals surface area (Å²) in [4.78, 5) is 13.4. The summed E-state index contributed by atoms with van der Waals surface area (Å²) < 4.78 is 39.2. The van der Waals surface area contributed by atoms with Crippen LogP contribution in [0.3, 0.4) is 0 Å². The normalized spacial score (nSPS) is 21.3. The molecule has 2 N–H and O–H groups in total. The molecule has 1 aliphatic heterocycles. The summed E-state index contributed by atoms with van der Waals surface area (Å²) in [5.74, 6) is -1.42. The summed E-state index contributed by atoms with van der Waals surface area (Å²) in [6.45, 7) is 0.338. The van der Waals surface area contributed by atoms with Crippen molar-refractivity contribution in [1.82, 2.24) is 5.32 Å². The van der Waals surface area contributed by atoms with E-state index in [1.807, 2.05) is 12.1 Å². The van der Waals surface area contributed by atoms with Crippen molar-refractivity contribution in [2.75, 3.05) is 11.9 Å². The molecule has 2 unspecified atom stereocenters. The number of carbonyl (C=O) groups is 1. The second-order valence-electron chi connectivity index (χ2n) is 7.24. The number of halogens is 3. The molecule has 28 heavy (non-hydrogen) atoms. The van der Waals surface area contributed by atoms with Crippen molar-refractivity contribution in [2.45, 2.75) is 31.4 Å². The maximum absolute atomic E-state index is 13.1. The molecule has 0 bridgehead atoms. The second kappa shape index (κ2) is 7.20. The fourth-order valence-corrected chi connectivity index (χ4v) is 4.48. The number of benzene rings is 2. The first-order chi connectivity index (χ1) is 13.3. The molecular formula is C21H19F3N2OS. The molecule has 0 radical (unpaired) electrons. The van der Waals surface area contributed by atoms with E-state index in [1.54, 1.807) is 6.07 Å². The Balaban J connectivity index is 1.60. The second-order valence-corrected chi connectivity index (χ2v) is 7.68. The zero-order chi connectivity index (χ0) is 19.9. The molecule has 7 heteroatoms. The summed E-state index contributed by atoms with van der Waals surface area (Å²) in [6.07, 6.45) is -1.46. The van der Waals surface area contributed by atoms with Gasteiger partial charge in [-0.05, 0) is 48.1 Å². The van der Waals surface area contributed by atoms with E-state index in [4.69, 9.17) is 12.2 Å². The zero-order valence-electron chi connectivity index (χ0n) is 15.0. The number of thiocarbonyl (C=S) groups is 1. The highest BCUT2D eigenvalue weighted by atomic mass is 32.1. The Bertz CT molecular complexity index is 941. The summed E-state index contributed by atoms with van der Waals surface area (Å²) >= 11 is 5.32. The molecule has 2 aromatic carbocycles. The first-order valence-corrected chi connectivity index (χ1v) is 9.62. The number of hydrogen-bond donors (Lipinski definition) is 2. The topological polar surface area (TPSA) is 41.1 Å². The summed E-state index contributed by atoms with van der Waals surface area (Å²) in [7, 11) is 0. The van der Waals surface area contributed by atoms with Gasteiger partial charge in [0.2, 0.25) is 5.91 Å². The predicted octanol–water partition coefficient (Wildman–Crippen LogP) is 4.46. The Morgan fingerprint density at radius 3 is 2.71 bits per heavy atom. The fourth-order valence-electron chi connectivity index (χ4n) is 4.13. The van der Waals surface area contributed by atoms with Crippen LogP contribution in [0.15, 0.2) is 42.5 Å². The van der Waals surface area contributed by atoms with Crippen molar-refractivity contribution < 1.29 is 18.0 Å². The van der Waals surface area contributed by atoms with Crippen LogP contribution in [0.5, 0.6) is 0 Å². The van der Waals surface area contributed by atoms with Gasteiger partial charge in [0, 0.05) is 18.2 Å². The van der Waals surface area contributed by atoms with Gasteiger partial charge in [-0.2, -0.15) is 13.2 Å². The molecule has 4 rings (SSSR count). The van der Waals surface area contributed by atoms with E-state index in [0.29, 0.717) is 17.1 Å². The van der Waals surface area contributed by atoms with Crippen LogP contribution in [0.4, 0.5) is 18.9 Å². The Morgan fingerprint density at radius 1 is 1.14 bits per heavy atom. The van der Waals surface area contributed by atoms with Gasteiger partial charge in [-0.15, -0.1) is 0 Å². The van der Waals surface area contributed by atoms with Crippen LogP contribution < -0.4 is 10.6 Å². The average Bonchev–Trinajstić information content (AvgIpc) is 3.28. The number of amides is 1. The van der Waals surface area contributed by atoms with Gasteiger partial charge >= 0.3 is 6.18 Å². The van der Waals surface area contributed by atoms with E-state index in [1.165, 1.54) is 11.6 Å². The number of anilines is 1. The first kappa shape index (κ1) is 18.9. The minimum Gasteiger partial charge on any atom is -0.378 e. The van der Waals surface area contributed by atoms with E-state index in [9.17, 15) is 18.0 Å². The lowest BCUT2D eigenvalue weighted by Gasteiger charge is -2.20. The van der Waals surface area contributed by atoms with Gasteiger partial charge in [0.25, 0.3) is 0 Å². The van der Waals surface area contributed by atoms with Crippen molar-refractivity contribution in [3.63, 3.8) is 0 Å². The Hall–Kier alpha value is -2.41. The molecule has 2 aromatic rings. The molecular weight excluding hydrogens is 385 g/mol. The highest BCUT2D eigenvalue weighted by Gasteiger charge is 2.40. The van der Waals surface area contributed by atoms with Crippen LogP contribution in [0.1, 0.15) is 34.6 Å². The highest BCUT2D eigenvalue weighted by molar-refractivity contribution is 7.80. The maximum Gasteiger partial charge on any atom is 0.416 e. The van der Waals surface area contributed by atoms with Crippen LogP contribution in [-0.4, -0.2) is 17.4 Å². The van der Waals surface area contributed by atoms with Gasteiger partial charge in [0.1, 0.15) is 0 Å². The molecule has 0 aromatic heterocycles. The molecule has 1 fully saturated rings. The van der Waals surface area contributed by atoms with Crippen LogP contribution in [0.25, 0.3) is 0 Å². The highest BCUT2D eigenvalue weighted by Crippen LogP contribution is 2.36. The smallest absolute Gasteiger partial charge is 0.378 e. The molecule has 2 atom stereocenters. The lowest BCUT2D eigenvalue weighted by Crippen LogP contribution is -2.31. The quantitative estimate of drug-likeness (QED) is 0.742. The molecule has 2 aliphatic rings. The summed E-state index contributed by atoms with van der Waals surface area (Å²) in [6, 6.07) is 11.0. The van der Waals surface area contributed by atoms with Crippen LogP contribution in [-0.2, 0) is 23.8 Å². The van der Waals surface area contributed by atoms with Crippen LogP contribution in [0.2, 0.25) is 0 Å². The largest absolute Gasteiger partial charge is 0.416 e. The lowest BCUT2D eigenvalue weighted by molar-refractivity contribution is -0.137. The van der Waals surface area contributed by atoms with E-state index < -0.39 is 23.6 Å². The monoisotopic (exact) mass is 404 g/mol. The minimum absolute atomic E-state index is 0.280. The molecule has 1 amide bonds. The number of aryl methyl sites for hydroxylation is 1. The lowest BCUT2D eigenvalue weighted by atomic mass is 9.87. The third kappa shape index (κ3) is 3.51. The van der Waals surface area contributed by atoms with E-state index in [0.717, 1.165) is 42.6 Å². The molecule has 1 heterocycles. The fraction of sp³-hybridized carbons (Fsp3) is 0.333. The zero-order valence-corrected chi connectivity index (χ0v) is 15.8. The molecule has 1 aliphatic carbocycles. The molecule has 1 saturated heterocycles. The van der Waals surface area contributed by atoms with Crippen LogP contribution >= 0.6 is 12.2 Å². The SMILES string of the molecule is O=C(Nc1cccc2c1CCC2)C1C(=S)NCC1c1cccc(C(F)(F)F)c1. The van der Waals surface area contributed by atoms with Crippen molar-refractivity contribution in [2.24, 2.45) is 5.92 Å². The molecule has 0 spiro atoms. The standard InChI is InChI=1S/C21H19F3N2OS/c22-21(23,24)14-7-1-6-13(10-14)16-11-25-20(28)18(16)19(27)26-17-9-3-5-12-4-2-8-15(12)17/h1,3,5-7,9-10,16,18H,2,4,8,11H2,(H,25,28)(H,26,27). The molecule has 3 nitrogen and oxygen atoms in total. The van der Waals surface area contributed by atoms with Crippen molar-refractivity contribution in [3.05, 3.63) is 64.7 Å². The summed E-state index contributed by atoms with van der Waals surface area (Å²) in [5.41, 5.74) is 2.89. The third-order valence-corrected chi connectivity index (χ3v) is 5.91. The number of carbonyl (C=O) groups excluding carboxylic acids is 1. The third-order valence-electron chi connectivity index (χ3n) is 5.51. The van der Waals surface area contributed by atoms with Crippen LogP contribution in [0, 0.1) is 5.92 Å². The molecule has 0 saturated carbocycles. The van der Waals surface area contributed by atoms with Gasteiger partial charge in [0.05, 0.1) is 16.5 Å². The van der Waals surface area contributed by atoms with Gasteiger partial charge in [0.15, 0.2) is 0 Å². The predicted molar refractivity (Wildman–Crippen MR) is 105 cm³/mol. The summed E-state index contributed by atoms with van der Waals surface area (Å²) in [5, 5.41) is 5.96. The minimum atomic E-state index is -4.43. The Kier molecular flexibility index (Phi) is 4.87. The van der Waals surface area contributed by atoms with E-state index >= 15 is 0 Å².